The first-order chi connectivity index (χ1) is 31.1. The third-order valence-electron chi connectivity index (χ3n) is 11.4. The molecule has 2 fully saturated rings. The van der Waals surface area contributed by atoms with Crippen LogP contribution >= 0.6 is 23.1 Å². The van der Waals surface area contributed by atoms with E-state index in [-0.39, 0.29) is 49.6 Å². The van der Waals surface area contributed by atoms with Crippen LogP contribution < -0.4 is 29.6 Å². The Bertz CT molecular complexity index is 2440. The number of benzene rings is 4. The van der Waals surface area contributed by atoms with Crippen molar-refractivity contribution in [1.82, 2.24) is 18.5 Å². The molecule has 4 aromatic carbocycles. The summed E-state index contributed by atoms with van der Waals surface area (Å²) in [7, 11) is 3.13. The Balaban J connectivity index is 1.12. The van der Waals surface area contributed by atoms with Gasteiger partial charge in [0.2, 0.25) is 11.8 Å². The molecule has 2 aliphatic heterocycles. The molecule has 4 amide bonds. The van der Waals surface area contributed by atoms with Gasteiger partial charge in [0.05, 0.1) is 25.6 Å². The number of aromatic nitrogens is 2. The monoisotopic (exact) mass is 900 g/mol. The highest BCUT2D eigenvalue weighted by atomic mass is 32.1. The maximum Gasteiger partial charge on any atom is 0.250 e. The van der Waals surface area contributed by atoms with Gasteiger partial charge in [0, 0.05) is 37.8 Å². The van der Waals surface area contributed by atoms with E-state index in [1.165, 1.54) is 9.80 Å². The molecule has 4 atom stereocenters. The van der Waals surface area contributed by atoms with Gasteiger partial charge >= 0.3 is 0 Å². The third-order valence-corrected chi connectivity index (χ3v) is 13.0. The number of hydrogen-bond acceptors (Lipinski definition) is 12. The van der Waals surface area contributed by atoms with E-state index in [1.807, 2.05) is 84.9 Å². The minimum atomic E-state index is -1.44. The van der Waals surface area contributed by atoms with Crippen LogP contribution in [0.2, 0.25) is 0 Å². The largest absolute Gasteiger partial charge is 0.493 e. The van der Waals surface area contributed by atoms with Crippen molar-refractivity contribution in [2.45, 2.75) is 63.8 Å². The van der Waals surface area contributed by atoms with Crippen LogP contribution in [-0.2, 0) is 32.4 Å². The molecule has 330 valence electrons. The van der Waals surface area contributed by atoms with Crippen molar-refractivity contribution in [3.63, 3.8) is 0 Å². The summed E-state index contributed by atoms with van der Waals surface area (Å²) in [6, 6.07) is 31.1. The van der Waals surface area contributed by atoms with Crippen molar-refractivity contribution in [2.24, 2.45) is 0 Å². The summed E-state index contributed by atoms with van der Waals surface area (Å²) in [5.74, 6) is -0.663. The quantitative estimate of drug-likeness (QED) is 0.0927. The van der Waals surface area contributed by atoms with Crippen LogP contribution in [0.1, 0.15) is 58.3 Å². The minimum absolute atomic E-state index is 0.0461. The van der Waals surface area contributed by atoms with Gasteiger partial charge < -0.3 is 39.4 Å². The number of carbonyl (C=O) groups is 4. The zero-order valence-electron chi connectivity index (χ0n) is 35.8. The van der Waals surface area contributed by atoms with Crippen molar-refractivity contribution in [3.8, 4) is 23.0 Å². The average molecular weight is 901 g/mol. The second-order valence-corrected chi connectivity index (χ2v) is 17.4. The van der Waals surface area contributed by atoms with Crippen LogP contribution in [0.25, 0.3) is 0 Å². The summed E-state index contributed by atoms with van der Waals surface area (Å²) in [5.41, 5.74) is 4.92. The number of carbonyl (C=O) groups excluding carboxylic acids is 4. The van der Waals surface area contributed by atoms with E-state index < -0.39 is 23.9 Å². The number of methoxy groups -OCH3 is 2. The number of nitrogens with zero attached hydrogens (tertiary/aromatic N) is 4. The van der Waals surface area contributed by atoms with E-state index in [0.29, 0.717) is 57.6 Å². The summed E-state index contributed by atoms with van der Waals surface area (Å²) in [6.07, 6.45) is 0.0922. The van der Waals surface area contributed by atoms with Crippen LogP contribution in [0.3, 0.4) is 0 Å². The van der Waals surface area contributed by atoms with E-state index in [2.05, 4.69) is 19.4 Å². The van der Waals surface area contributed by atoms with E-state index in [9.17, 15) is 19.2 Å². The van der Waals surface area contributed by atoms with Crippen LogP contribution in [-0.4, -0.2) is 81.6 Å². The number of amides is 4. The Hall–Kier alpha value is -6.78. The lowest BCUT2D eigenvalue weighted by Crippen LogP contribution is -2.62. The molecule has 14 nitrogen and oxygen atoms in total. The molecule has 0 spiro atoms. The summed E-state index contributed by atoms with van der Waals surface area (Å²) in [6.45, 7) is 4.37. The van der Waals surface area contributed by atoms with Crippen LogP contribution in [0.4, 0.5) is 10.0 Å². The molecule has 16 heteroatoms. The molecule has 64 heavy (non-hydrogen) atoms. The first-order valence-corrected chi connectivity index (χ1v) is 22.4. The highest BCUT2D eigenvalue weighted by Crippen LogP contribution is 2.40. The predicted molar refractivity (Wildman–Crippen MR) is 244 cm³/mol. The predicted octanol–water partition coefficient (Wildman–Crippen LogP) is 7.74. The van der Waals surface area contributed by atoms with E-state index >= 15 is 0 Å². The number of hydrogen-bond donors (Lipinski definition) is 2. The summed E-state index contributed by atoms with van der Waals surface area (Å²) in [4.78, 5) is 61.4. The molecule has 2 aliphatic rings. The van der Waals surface area contributed by atoms with Gasteiger partial charge in [-0.3, -0.25) is 19.2 Å². The molecule has 2 aromatic heterocycles. The maximum absolute atomic E-state index is 14.9. The maximum atomic E-state index is 14.9. The van der Waals surface area contributed by atoms with Crippen molar-refractivity contribution < 1.29 is 38.1 Å². The standard InChI is InChI=1S/C48H48N6O8S2/c1-29-19-41(63-51-29)49-47(57)45(53-25-35(23-43(53)55)33-15-17-37(59-3)39(21-33)61-27-31-11-7-5-8-12-31)46(48(58)50-42-20-30(2)52-64-42)54-26-36(24-44(54)56)34-16-18-38(60-4)40(22-34)62-28-32-13-9-6-10-14-32/h5-22,35-36,45-46H,23-28H2,1-4H3,(H,49,57)(H,50,58). The molecule has 4 unspecified atom stereocenters. The fourth-order valence-corrected chi connectivity index (χ4v) is 9.51. The molecule has 8 rings (SSSR count). The van der Waals surface area contributed by atoms with Gasteiger partial charge in [-0.05, 0) is 95.6 Å². The minimum Gasteiger partial charge on any atom is -0.493 e. The number of likely N-dealkylation sites (tertiary alicyclic amines) is 2. The van der Waals surface area contributed by atoms with Crippen LogP contribution in [0.5, 0.6) is 23.0 Å². The lowest BCUT2D eigenvalue weighted by Gasteiger charge is -2.37. The van der Waals surface area contributed by atoms with Gasteiger partial charge in [-0.2, -0.15) is 8.75 Å². The lowest BCUT2D eigenvalue weighted by molar-refractivity contribution is -0.145. The smallest absolute Gasteiger partial charge is 0.250 e. The Morgan fingerprint density at radius 1 is 0.609 bits per heavy atom. The van der Waals surface area contributed by atoms with Crippen LogP contribution in [0, 0.1) is 13.8 Å². The second-order valence-electron chi connectivity index (χ2n) is 15.8. The molecule has 2 saturated heterocycles. The number of aryl methyl sites for hydroxylation is 2. The molecule has 6 aromatic rings. The summed E-state index contributed by atoms with van der Waals surface area (Å²) in [5, 5.41) is 6.74. The van der Waals surface area contributed by atoms with Gasteiger partial charge in [0.15, 0.2) is 23.0 Å². The first-order valence-electron chi connectivity index (χ1n) is 20.8. The van der Waals surface area contributed by atoms with Gasteiger partial charge in [-0.15, -0.1) is 0 Å². The highest BCUT2D eigenvalue weighted by molar-refractivity contribution is 7.10. The lowest BCUT2D eigenvalue weighted by atomic mass is 9.97. The molecule has 0 bridgehead atoms. The van der Waals surface area contributed by atoms with Gasteiger partial charge in [0.1, 0.15) is 35.3 Å². The zero-order valence-corrected chi connectivity index (χ0v) is 37.4. The summed E-state index contributed by atoms with van der Waals surface area (Å²) >= 11 is 2.17. The van der Waals surface area contributed by atoms with Gasteiger partial charge in [-0.25, -0.2) is 0 Å². The molecular weight excluding hydrogens is 853 g/mol. The molecule has 0 radical (unpaired) electrons. The van der Waals surface area contributed by atoms with Crippen molar-refractivity contribution in [1.29, 1.82) is 0 Å². The Morgan fingerprint density at radius 3 is 1.38 bits per heavy atom. The topological polar surface area (TPSA) is 162 Å². The number of anilines is 2. The second kappa shape index (κ2) is 19.7. The summed E-state index contributed by atoms with van der Waals surface area (Å²) < 4.78 is 32.4. The molecule has 4 heterocycles. The third kappa shape index (κ3) is 10.0. The zero-order chi connectivity index (χ0) is 44.7. The Kier molecular flexibility index (Phi) is 13.5. The van der Waals surface area contributed by atoms with Crippen molar-refractivity contribution >= 4 is 56.7 Å². The first kappa shape index (κ1) is 43.9. The van der Waals surface area contributed by atoms with Gasteiger partial charge in [0.25, 0.3) is 11.8 Å². The Morgan fingerprint density at radius 2 is 1.02 bits per heavy atom. The van der Waals surface area contributed by atoms with Gasteiger partial charge in [-0.1, -0.05) is 72.8 Å². The SMILES string of the molecule is COc1ccc(C2CC(=O)N(C(C(=O)Nc3cc(C)ns3)C(C(=O)Nc3cc(C)ns3)N3CC(c4ccc(OC)c(OCc5ccccc5)c4)CC3=O)C2)cc1OCc1ccccc1. The molecular formula is C48H48N6O8S2. The van der Waals surface area contributed by atoms with E-state index in [4.69, 9.17) is 18.9 Å². The number of rotatable bonds is 17. The fraction of sp³-hybridized carbons (Fsp3) is 0.292. The molecule has 2 N–H and O–H groups in total. The number of ether oxygens (including phenoxy) is 4. The Labute approximate surface area is 379 Å². The van der Waals surface area contributed by atoms with Crippen molar-refractivity contribution in [2.75, 3.05) is 37.9 Å². The van der Waals surface area contributed by atoms with Crippen LogP contribution in [0.15, 0.2) is 109 Å². The average Bonchev–Trinajstić information content (AvgIpc) is 4.11. The van der Waals surface area contributed by atoms with Crippen molar-refractivity contribution in [3.05, 3.63) is 143 Å². The molecule has 0 aliphatic carbocycles. The normalized spacial score (nSPS) is 16.9. The highest BCUT2D eigenvalue weighted by Gasteiger charge is 2.50. The fourth-order valence-electron chi connectivity index (χ4n) is 8.18. The number of nitrogens with one attached hydrogen (secondary N) is 2. The van der Waals surface area contributed by atoms with E-state index in [1.54, 1.807) is 52.3 Å². The van der Waals surface area contributed by atoms with E-state index in [0.717, 1.165) is 45.3 Å². The molecule has 0 saturated carbocycles.